The second kappa shape index (κ2) is 8.43. The predicted molar refractivity (Wildman–Crippen MR) is 107 cm³/mol. The number of halogens is 3. The highest BCUT2D eigenvalue weighted by atomic mass is 19.1. The lowest BCUT2D eigenvalue weighted by Crippen LogP contribution is -2.40. The van der Waals surface area contributed by atoms with Crippen LogP contribution < -0.4 is 0 Å². The first kappa shape index (κ1) is 22.1. The standard InChI is InChI=1S/C20H16F3N7O3/c1-12(29-8-13(6-26-29)19-18(23)5-15(7-25-19)30(32)33)20(31,9-28-11-24-10-27-28)16-3-2-14(21)4-17(16)22/h2-8,10-12,31H,9H2,1H3/t12-,20-/m1/s1. The fourth-order valence-corrected chi connectivity index (χ4v) is 3.48. The van der Waals surface area contributed by atoms with Gasteiger partial charge in [-0.25, -0.2) is 27.8 Å². The molecule has 3 aromatic heterocycles. The van der Waals surface area contributed by atoms with Gasteiger partial charge in [0.15, 0.2) is 5.82 Å². The molecule has 0 unspecified atom stereocenters. The highest BCUT2D eigenvalue weighted by Gasteiger charge is 2.41. The number of aliphatic hydroxyl groups is 1. The highest BCUT2D eigenvalue weighted by Crippen LogP contribution is 2.37. The van der Waals surface area contributed by atoms with Crippen molar-refractivity contribution in [2.75, 3.05) is 0 Å². The summed E-state index contributed by atoms with van der Waals surface area (Å²) >= 11 is 0. The van der Waals surface area contributed by atoms with Gasteiger partial charge in [-0.3, -0.25) is 14.8 Å². The van der Waals surface area contributed by atoms with E-state index in [1.165, 1.54) is 41.3 Å². The molecule has 0 bridgehead atoms. The Balaban J connectivity index is 1.74. The van der Waals surface area contributed by atoms with Gasteiger partial charge in [0.2, 0.25) is 0 Å². The Kier molecular flexibility index (Phi) is 5.64. The molecule has 0 spiro atoms. The maximum absolute atomic E-state index is 14.7. The van der Waals surface area contributed by atoms with E-state index >= 15 is 0 Å². The molecule has 0 aliphatic heterocycles. The lowest BCUT2D eigenvalue weighted by Gasteiger charge is -2.34. The molecule has 1 N–H and O–H groups in total. The van der Waals surface area contributed by atoms with E-state index in [2.05, 4.69) is 20.2 Å². The first-order chi connectivity index (χ1) is 15.7. The molecule has 0 aliphatic carbocycles. The summed E-state index contributed by atoms with van der Waals surface area (Å²) < 4.78 is 45.1. The molecule has 13 heteroatoms. The molecule has 0 saturated heterocycles. The Bertz CT molecular complexity index is 1310. The lowest BCUT2D eigenvalue weighted by atomic mass is 9.86. The van der Waals surface area contributed by atoms with Gasteiger partial charge in [0, 0.05) is 23.4 Å². The summed E-state index contributed by atoms with van der Waals surface area (Å²) in [6, 6.07) is 2.57. The van der Waals surface area contributed by atoms with Crippen LogP contribution in [0.4, 0.5) is 18.9 Å². The average Bonchev–Trinajstić information content (AvgIpc) is 3.45. The van der Waals surface area contributed by atoms with Gasteiger partial charge in [0.25, 0.3) is 5.69 Å². The predicted octanol–water partition coefficient (Wildman–Crippen LogP) is 3.01. The van der Waals surface area contributed by atoms with Gasteiger partial charge in [-0.05, 0) is 13.0 Å². The molecule has 10 nitrogen and oxygen atoms in total. The van der Waals surface area contributed by atoms with E-state index in [9.17, 15) is 28.4 Å². The maximum Gasteiger partial charge on any atom is 0.290 e. The fourth-order valence-electron chi connectivity index (χ4n) is 3.48. The highest BCUT2D eigenvalue weighted by molar-refractivity contribution is 5.59. The lowest BCUT2D eigenvalue weighted by molar-refractivity contribution is -0.385. The minimum Gasteiger partial charge on any atom is -0.381 e. The molecule has 1 aromatic carbocycles. The van der Waals surface area contributed by atoms with Crippen LogP contribution in [0.1, 0.15) is 18.5 Å². The Morgan fingerprint density at radius 2 is 1.97 bits per heavy atom. The zero-order valence-electron chi connectivity index (χ0n) is 17.0. The molecule has 0 amide bonds. The maximum atomic E-state index is 14.7. The Labute approximate surface area is 184 Å². The molecule has 4 rings (SSSR count). The van der Waals surface area contributed by atoms with Crippen molar-refractivity contribution < 1.29 is 23.2 Å². The van der Waals surface area contributed by atoms with Crippen LogP contribution in [-0.2, 0) is 12.1 Å². The number of hydrogen-bond acceptors (Lipinski definition) is 7. The molecule has 4 aromatic rings. The molecule has 0 saturated carbocycles. The number of pyridine rings is 1. The SMILES string of the molecule is C[C@@H](n1cc(-c2ncc([N+](=O)[O-])cc2F)cn1)[C@](O)(Cn1cncn1)c1ccc(F)cc1F. The quantitative estimate of drug-likeness (QED) is 0.333. The minimum atomic E-state index is -1.98. The molecule has 0 radical (unpaired) electrons. The Hall–Kier alpha value is -4.13. The monoisotopic (exact) mass is 459 g/mol. The number of hydrogen-bond donors (Lipinski definition) is 1. The van der Waals surface area contributed by atoms with Crippen LogP contribution in [0, 0.1) is 27.6 Å². The smallest absolute Gasteiger partial charge is 0.290 e. The number of aromatic nitrogens is 6. The second-order valence-corrected chi connectivity index (χ2v) is 7.31. The zero-order chi connectivity index (χ0) is 23.8. The van der Waals surface area contributed by atoms with E-state index in [1.807, 2.05) is 0 Å². The van der Waals surface area contributed by atoms with Crippen LogP contribution in [0.2, 0.25) is 0 Å². The van der Waals surface area contributed by atoms with Gasteiger partial charge in [0.05, 0.1) is 29.8 Å². The molecule has 2 atom stereocenters. The summed E-state index contributed by atoms with van der Waals surface area (Å²) in [6.07, 6.45) is 6.08. The third kappa shape index (κ3) is 4.17. The topological polar surface area (TPSA) is 125 Å². The van der Waals surface area contributed by atoms with Gasteiger partial charge in [-0.1, -0.05) is 6.07 Å². The zero-order valence-corrected chi connectivity index (χ0v) is 17.0. The minimum absolute atomic E-state index is 0.178. The summed E-state index contributed by atoms with van der Waals surface area (Å²) in [5, 5.41) is 30.5. The van der Waals surface area contributed by atoms with Gasteiger partial charge in [-0.2, -0.15) is 10.2 Å². The van der Waals surface area contributed by atoms with E-state index in [1.54, 1.807) is 0 Å². The van der Waals surface area contributed by atoms with Crippen molar-refractivity contribution in [3.8, 4) is 11.3 Å². The van der Waals surface area contributed by atoms with Crippen molar-refractivity contribution >= 4 is 5.69 Å². The van der Waals surface area contributed by atoms with Gasteiger partial charge in [0.1, 0.15) is 41.8 Å². The van der Waals surface area contributed by atoms with Crippen molar-refractivity contribution in [1.82, 2.24) is 29.5 Å². The Morgan fingerprint density at radius 3 is 2.61 bits per heavy atom. The summed E-state index contributed by atoms with van der Waals surface area (Å²) in [4.78, 5) is 17.6. The first-order valence-electron chi connectivity index (χ1n) is 9.54. The number of nitro groups is 1. The molecular weight excluding hydrogens is 443 g/mol. The fraction of sp³-hybridized carbons (Fsp3) is 0.200. The van der Waals surface area contributed by atoms with E-state index in [0.29, 0.717) is 6.07 Å². The van der Waals surface area contributed by atoms with E-state index < -0.39 is 39.7 Å². The molecule has 0 fully saturated rings. The number of nitrogens with zero attached hydrogens (tertiary/aromatic N) is 7. The van der Waals surface area contributed by atoms with Gasteiger partial charge in [-0.15, -0.1) is 0 Å². The number of rotatable bonds is 7. The van der Waals surface area contributed by atoms with E-state index in [0.717, 1.165) is 24.4 Å². The van der Waals surface area contributed by atoms with Crippen molar-refractivity contribution in [1.29, 1.82) is 0 Å². The molecule has 33 heavy (non-hydrogen) atoms. The third-order valence-electron chi connectivity index (χ3n) is 5.27. The molecular formula is C20H16F3N7O3. The van der Waals surface area contributed by atoms with Crippen LogP contribution in [0.15, 0.2) is 55.5 Å². The second-order valence-electron chi connectivity index (χ2n) is 7.31. The largest absolute Gasteiger partial charge is 0.381 e. The Morgan fingerprint density at radius 1 is 1.18 bits per heavy atom. The molecule has 3 heterocycles. The van der Waals surface area contributed by atoms with Crippen LogP contribution >= 0.6 is 0 Å². The van der Waals surface area contributed by atoms with Crippen molar-refractivity contribution in [2.45, 2.75) is 25.1 Å². The van der Waals surface area contributed by atoms with Crippen LogP contribution in [0.5, 0.6) is 0 Å². The van der Waals surface area contributed by atoms with E-state index in [-0.39, 0.29) is 23.4 Å². The van der Waals surface area contributed by atoms with Crippen molar-refractivity contribution in [3.63, 3.8) is 0 Å². The van der Waals surface area contributed by atoms with Gasteiger partial charge >= 0.3 is 0 Å². The van der Waals surface area contributed by atoms with Crippen molar-refractivity contribution in [2.24, 2.45) is 0 Å². The van der Waals surface area contributed by atoms with Crippen LogP contribution in [-0.4, -0.2) is 39.6 Å². The van der Waals surface area contributed by atoms with Gasteiger partial charge < -0.3 is 5.11 Å². The number of benzene rings is 1. The first-order valence-corrected chi connectivity index (χ1v) is 9.54. The summed E-state index contributed by atoms with van der Waals surface area (Å²) in [6.45, 7) is 1.28. The van der Waals surface area contributed by atoms with E-state index in [4.69, 9.17) is 0 Å². The summed E-state index contributed by atoms with van der Waals surface area (Å²) in [5.74, 6) is -2.72. The average molecular weight is 459 g/mol. The molecule has 0 aliphatic rings. The van der Waals surface area contributed by atoms with Crippen LogP contribution in [0.25, 0.3) is 11.3 Å². The summed E-state index contributed by atoms with van der Waals surface area (Å²) in [7, 11) is 0. The summed E-state index contributed by atoms with van der Waals surface area (Å²) in [5.41, 5.74) is -2.70. The molecule has 170 valence electrons. The third-order valence-corrected chi connectivity index (χ3v) is 5.27. The normalized spacial score (nSPS) is 14.1. The van der Waals surface area contributed by atoms with Crippen molar-refractivity contribution in [3.05, 3.63) is 88.6 Å². The van der Waals surface area contributed by atoms with Crippen LogP contribution in [0.3, 0.4) is 0 Å².